The molecular weight excluding hydrogens is 412 g/mol. The molecule has 0 aliphatic carbocycles. The summed E-state index contributed by atoms with van der Waals surface area (Å²) in [7, 11) is 0. The standard InChI is InChI=1S/C27H26N4O2/c1-20-28-25(19-26(29-20)33-23-11-3-2-4-12-23)30-14-16-31(17-15-30)27(32)18-22-10-7-9-21-8-5-6-13-24(21)22/h2-13,19H,14-18H2,1H3. The molecule has 3 aromatic carbocycles. The third-order valence-electron chi connectivity index (χ3n) is 5.94. The molecule has 1 amide bonds. The van der Waals surface area contributed by atoms with Crippen LogP contribution >= 0.6 is 0 Å². The van der Waals surface area contributed by atoms with Crippen molar-refractivity contribution >= 4 is 22.5 Å². The summed E-state index contributed by atoms with van der Waals surface area (Å²) in [5.74, 6) is 2.92. The fourth-order valence-electron chi connectivity index (χ4n) is 4.26. The lowest BCUT2D eigenvalue weighted by Crippen LogP contribution is -2.49. The van der Waals surface area contributed by atoms with E-state index in [4.69, 9.17) is 4.74 Å². The molecule has 166 valence electrons. The SMILES string of the molecule is Cc1nc(Oc2ccccc2)cc(N2CCN(C(=O)Cc3cccc4ccccc34)CC2)n1. The third kappa shape index (κ3) is 4.80. The zero-order chi connectivity index (χ0) is 22.6. The molecular formula is C27H26N4O2. The first-order valence-corrected chi connectivity index (χ1v) is 11.2. The van der Waals surface area contributed by atoms with Crippen LogP contribution in [0.1, 0.15) is 11.4 Å². The summed E-state index contributed by atoms with van der Waals surface area (Å²) in [5, 5.41) is 2.31. The van der Waals surface area contributed by atoms with Crippen LogP contribution in [0, 0.1) is 6.92 Å². The number of piperazine rings is 1. The second kappa shape index (κ2) is 9.28. The summed E-state index contributed by atoms with van der Waals surface area (Å²) >= 11 is 0. The monoisotopic (exact) mass is 438 g/mol. The molecule has 0 bridgehead atoms. The highest BCUT2D eigenvalue weighted by Crippen LogP contribution is 2.24. The van der Waals surface area contributed by atoms with Crippen molar-refractivity contribution in [2.24, 2.45) is 0 Å². The lowest BCUT2D eigenvalue weighted by atomic mass is 10.0. The molecule has 1 aliphatic rings. The summed E-state index contributed by atoms with van der Waals surface area (Å²) in [6, 6.07) is 25.9. The van der Waals surface area contributed by atoms with Gasteiger partial charge in [0.2, 0.25) is 11.8 Å². The Kier molecular flexibility index (Phi) is 5.89. The van der Waals surface area contributed by atoms with Crippen LogP contribution in [0.5, 0.6) is 11.6 Å². The van der Waals surface area contributed by atoms with Gasteiger partial charge < -0.3 is 14.5 Å². The van der Waals surface area contributed by atoms with Gasteiger partial charge >= 0.3 is 0 Å². The number of carbonyl (C=O) groups is 1. The number of para-hydroxylation sites is 1. The maximum Gasteiger partial charge on any atom is 0.227 e. The number of aromatic nitrogens is 2. The van der Waals surface area contributed by atoms with Crippen LogP contribution in [0.3, 0.4) is 0 Å². The van der Waals surface area contributed by atoms with E-state index in [-0.39, 0.29) is 5.91 Å². The van der Waals surface area contributed by atoms with Crippen molar-refractivity contribution in [3.8, 4) is 11.6 Å². The smallest absolute Gasteiger partial charge is 0.227 e. The van der Waals surface area contributed by atoms with Gasteiger partial charge in [0.1, 0.15) is 17.4 Å². The van der Waals surface area contributed by atoms with Crippen LogP contribution in [0.25, 0.3) is 10.8 Å². The van der Waals surface area contributed by atoms with E-state index in [0.717, 1.165) is 35.6 Å². The maximum absolute atomic E-state index is 13.0. The fraction of sp³-hybridized carbons (Fsp3) is 0.222. The highest BCUT2D eigenvalue weighted by Gasteiger charge is 2.23. The molecule has 0 spiro atoms. The minimum atomic E-state index is 0.165. The van der Waals surface area contributed by atoms with E-state index >= 15 is 0 Å². The molecule has 6 heteroatoms. The van der Waals surface area contributed by atoms with Crippen molar-refractivity contribution in [3.63, 3.8) is 0 Å². The quantitative estimate of drug-likeness (QED) is 0.455. The first kappa shape index (κ1) is 20.9. The van der Waals surface area contributed by atoms with Crippen molar-refractivity contribution in [3.05, 3.63) is 90.3 Å². The molecule has 0 saturated carbocycles. The van der Waals surface area contributed by atoms with Crippen molar-refractivity contribution in [1.82, 2.24) is 14.9 Å². The van der Waals surface area contributed by atoms with Gasteiger partial charge in [0.15, 0.2) is 0 Å². The average Bonchev–Trinajstić information content (AvgIpc) is 2.85. The Morgan fingerprint density at radius 3 is 2.42 bits per heavy atom. The summed E-state index contributed by atoms with van der Waals surface area (Å²) in [4.78, 5) is 26.2. The van der Waals surface area contributed by atoms with E-state index < -0.39 is 0 Å². The Morgan fingerprint density at radius 2 is 1.61 bits per heavy atom. The second-order valence-corrected chi connectivity index (χ2v) is 8.21. The minimum Gasteiger partial charge on any atom is -0.439 e. The summed E-state index contributed by atoms with van der Waals surface area (Å²) in [5.41, 5.74) is 1.08. The minimum absolute atomic E-state index is 0.165. The van der Waals surface area contributed by atoms with E-state index in [1.165, 1.54) is 5.39 Å². The van der Waals surface area contributed by atoms with Crippen molar-refractivity contribution in [2.45, 2.75) is 13.3 Å². The number of hydrogen-bond acceptors (Lipinski definition) is 5. The number of amides is 1. The van der Waals surface area contributed by atoms with Crippen molar-refractivity contribution in [1.29, 1.82) is 0 Å². The molecule has 0 radical (unpaired) electrons. The van der Waals surface area contributed by atoms with Gasteiger partial charge in [-0.05, 0) is 35.4 Å². The third-order valence-corrected chi connectivity index (χ3v) is 5.94. The number of ether oxygens (including phenoxy) is 1. The van der Waals surface area contributed by atoms with Gasteiger partial charge in [0.25, 0.3) is 0 Å². The van der Waals surface area contributed by atoms with Crippen LogP contribution in [0.2, 0.25) is 0 Å². The Labute approximate surface area is 193 Å². The molecule has 1 aliphatic heterocycles. The van der Waals surface area contributed by atoms with Crippen LogP contribution in [-0.2, 0) is 11.2 Å². The molecule has 6 nitrogen and oxygen atoms in total. The number of nitrogens with zero attached hydrogens (tertiary/aromatic N) is 4. The number of aryl methyl sites for hydroxylation is 1. The first-order valence-electron chi connectivity index (χ1n) is 11.2. The van der Waals surface area contributed by atoms with E-state index in [2.05, 4.69) is 39.1 Å². The number of hydrogen-bond donors (Lipinski definition) is 0. The van der Waals surface area contributed by atoms with Gasteiger partial charge in [0.05, 0.1) is 6.42 Å². The van der Waals surface area contributed by atoms with Crippen LogP contribution in [-0.4, -0.2) is 47.0 Å². The average molecular weight is 439 g/mol. The van der Waals surface area contributed by atoms with E-state index in [9.17, 15) is 4.79 Å². The molecule has 33 heavy (non-hydrogen) atoms. The highest BCUT2D eigenvalue weighted by atomic mass is 16.5. The number of anilines is 1. The molecule has 4 aromatic rings. The molecule has 1 saturated heterocycles. The van der Waals surface area contributed by atoms with Gasteiger partial charge in [-0.25, -0.2) is 4.98 Å². The molecule has 0 N–H and O–H groups in total. The Bertz CT molecular complexity index is 1260. The predicted octanol–water partition coefficient (Wildman–Crippen LogP) is 4.62. The Balaban J connectivity index is 1.24. The second-order valence-electron chi connectivity index (χ2n) is 8.21. The molecule has 0 atom stereocenters. The van der Waals surface area contributed by atoms with Crippen LogP contribution < -0.4 is 9.64 Å². The zero-order valence-corrected chi connectivity index (χ0v) is 18.6. The largest absolute Gasteiger partial charge is 0.439 e. The molecule has 2 heterocycles. The van der Waals surface area contributed by atoms with Crippen molar-refractivity contribution in [2.75, 3.05) is 31.1 Å². The van der Waals surface area contributed by atoms with Gasteiger partial charge in [0, 0.05) is 32.2 Å². The Hall–Kier alpha value is -3.93. The highest BCUT2D eigenvalue weighted by molar-refractivity contribution is 5.90. The van der Waals surface area contributed by atoms with Gasteiger partial charge in [-0.1, -0.05) is 60.7 Å². The van der Waals surface area contributed by atoms with E-state index in [1.807, 2.05) is 66.4 Å². The number of fused-ring (bicyclic) bond motifs is 1. The number of benzene rings is 3. The number of rotatable bonds is 5. The van der Waals surface area contributed by atoms with Gasteiger partial charge in [-0.15, -0.1) is 0 Å². The van der Waals surface area contributed by atoms with Gasteiger partial charge in [-0.3, -0.25) is 4.79 Å². The van der Waals surface area contributed by atoms with E-state index in [0.29, 0.717) is 31.2 Å². The van der Waals surface area contributed by atoms with Crippen LogP contribution in [0.15, 0.2) is 78.9 Å². The maximum atomic E-state index is 13.0. The zero-order valence-electron chi connectivity index (χ0n) is 18.6. The summed E-state index contributed by atoms with van der Waals surface area (Å²) in [6.45, 7) is 4.65. The Morgan fingerprint density at radius 1 is 0.879 bits per heavy atom. The topological polar surface area (TPSA) is 58.6 Å². The van der Waals surface area contributed by atoms with E-state index in [1.54, 1.807) is 0 Å². The first-order chi connectivity index (χ1) is 16.2. The fourth-order valence-corrected chi connectivity index (χ4v) is 4.26. The van der Waals surface area contributed by atoms with Crippen LogP contribution in [0.4, 0.5) is 5.82 Å². The van der Waals surface area contributed by atoms with Gasteiger partial charge in [-0.2, -0.15) is 4.98 Å². The van der Waals surface area contributed by atoms with Crippen molar-refractivity contribution < 1.29 is 9.53 Å². The summed E-state index contributed by atoms with van der Waals surface area (Å²) in [6.07, 6.45) is 0.420. The summed E-state index contributed by atoms with van der Waals surface area (Å²) < 4.78 is 5.91. The normalized spacial score (nSPS) is 13.8. The number of carbonyl (C=O) groups excluding carboxylic acids is 1. The predicted molar refractivity (Wildman–Crippen MR) is 130 cm³/mol. The lowest BCUT2D eigenvalue weighted by Gasteiger charge is -2.35. The molecule has 1 fully saturated rings. The molecule has 0 unspecified atom stereocenters. The molecule has 1 aromatic heterocycles. The molecule has 5 rings (SSSR count). The lowest BCUT2D eigenvalue weighted by molar-refractivity contribution is -0.130.